The van der Waals surface area contributed by atoms with Crippen molar-refractivity contribution in [3.63, 3.8) is 0 Å². The highest BCUT2D eigenvalue weighted by atomic mass is 35.5. The zero-order valence-corrected chi connectivity index (χ0v) is 11.9. The molecule has 1 aromatic heterocycles. The minimum atomic E-state index is 0.269. The quantitative estimate of drug-likeness (QED) is 0.920. The monoisotopic (exact) mass is 294 g/mol. The van der Waals surface area contributed by atoms with Gasteiger partial charge in [0.05, 0.1) is 30.0 Å². The largest absolute Gasteiger partial charge is 0.489 e. The molecular weight excluding hydrogens is 280 g/mol. The van der Waals surface area contributed by atoms with E-state index in [0.29, 0.717) is 29.7 Å². The number of nitrogen functional groups attached to an aromatic ring is 1. The van der Waals surface area contributed by atoms with Gasteiger partial charge in [-0.2, -0.15) is 0 Å². The van der Waals surface area contributed by atoms with Gasteiger partial charge in [0.1, 0.15) is 0 Å². The molecule has 1 aliphatic rings. The van der Waals surface area contributed by atoms with Crippen LogP contribution in [0.5, 0.6) is 11.5 Å². The molecule has 5 nitrogen and oxygen atoms in total. The van der Waals surface area contributed by atoms with E-state index in [2.05, 4.69) is 5.16 Å². The molecule has 20 heavy (non-hydrogen) atoms. The Morgan fingerprint density at radius 1 is 1.25 bits per heavy atom. The molecule has 2 aromatic rings. The summed E-state index contributed by atoms with van der Waals surface area (Å²) in [6, 6.07) is 1.83. The van der Waals surface area contributed by atoms with Crippen LogP contribution in [0, 0.1) is 0 Å². The molecule has 1 aromatic carbocycles. The molecule has 0 fully saturated rings. The standard InChI is InChI=1S/C14H15ClN2O3/c1-2-8-9(10-7-17-20-14(10)16)6-11(15)13-12(8)18-4-3-5-19-13/h6-7H,2-5,16H2,1H3. The fourth-order valence-corrected chi connectivity index (χ4v) is 2.63. The van der Waals surface area contributed by atoms with Gasteiger partial charge in [-0.3, -0.25) is 0 Å². The van der Waals surface area contributed by atoms with Crippen molar-refractivity contribution < 1.29 is 14.0 Å². The van der Waals surface area contributed by atoms with E-state index < -0.39 is 0 Å². The Labute approximate surface area is 121 Å². The van der Waals surface area contributed by atoms with Gasteiger partial charge in [0.15, 0.2) is 11.5 Å². The zero-order chi connectivity index (χ0) is 14.1. The highest BCUT2D eigenvalue weighted by Gasteiger charge is 2.23. The van der Waals surface area contributed by atoms with E-state index in [1.165, 1.54) is 0 Å². The van der Waals surface area contributed by atoms with Gasteiger partial charge >= 0.3 is 0 Å². The normalized spacial score (nSPS) is 14.1. The third-order valence-electron chi connectivity index (χ3n) is 3.32. The summed E-state index contributed by atoms with van der Waals surface area (Å²) in [5, 5.41) is 4.23. The summed E-state index contributed by atoms with van der Waals surface area (Å²) >= 11 is 6.32. The first-order valence-electron chi connectivity index (χ1n) is 6.53. The Morgan fingerprint density at radius 2 is 2.00 bits per heavy atom. The number of hydrogen-bond acceptors (Lipinski definition) is 5. The molecule has 6 heteroatoms. The van der Waals surface area contributed by atoms with Crippen LogP contribution < -0.4 is 15.2 Å². The summed E-state index contributed by atoms with van der Waals surface area (Å²) in [7, 11) is 0. The second-order valence-corrected chi connectivity index (χ2v) is 4.96. The van der Waals surface area contributed by atoms with Crippen LogP contribution in [-0.4, -0.2) is 18.4 Å². The van der Waals surface area contributed by atoms with Crippen LogP contribution in [0.25, 0.3) is 11.1 Å². The summed E-state index contributed by atoms with van der Waals surface area (Å²) in [4.78, 5) is 0. The fourth-order valence-electron chi connectivity index (χ4n) is 2.38. The number of benzene rings is 1. The van der Waals surface area contributed by atoms with Gasteiger partial charge < -0.3 is 19.7 Å². The van der Waals surface area contributed by atoms with Crippen molar-refractivity contribution in [3.05, 3.63) is 22.8 Å². The minimum absolute atomic E-state index is 0.269. The summed E-state index contributed by atoms with van der Waals surface area (Å²) in [6.45, 7) is 3.26. The average molecular weight is 295 g/mol. The molecule has 2 N–H and O–H groups in total. The number of aromatic nitrogens is 1. The van der Waals surface area contributed by atoms with Crippen molar-refractivity contribution >= 4 is 17.5 Å². The van der Waals surface area contributed by atoms with E-state index >= 15 is 0 Å². The molecular formula is C14H15ClN2O3. The maximum absolute atomic E-state index is 6.32. The van der Waals surface area contributed by atoms with Gasteiger partial charge in [0.2, 0.25) is 5.88 Å². The Hall–Kier alpha value is -1.88. The Kier molecular flexibility index (Phi) is 3.44. The van der Waals surface area contributed by atoms with Crippen molar-refractivity contribution in [2.75, 3.05) is 18.9 Å². The van der Waals surface area contributed by atoms with Gasteiger partial charge in [-0.1, -0.05) is 23.7 Å². The topological polar surface area (TPSA) is 70.5 Å². The maximum atomic E-state index is 6.32. The van der Waals surface area contributed by atoms with Gasteiger partial charge in [-0.05, 0) is 18.1 Å². The number of ether oxygens (including phenoxy) is 2. The molecule has 0 atom stereocenters. The third-order valence-corrected chi connectivity index (χ3v) is 3.60. The van der Waals surface area contributed by atoms with E-state index in [9.17, 15) is 0 Å². The van der Waals surface area contributed by atoms with Crippen LogP contribution in [0.3, 0.4) is 0 Å². The lowest BCUT2D eigenvalue weighted by Crippen LogP contribution is -2.00. The Bertz CT molecular complexity index is 640. The Morgan fingerprint density at radius 3 is 2.65 bits per heavy atom. The van der Waals surface area contributed by atoms with Crippen molar-refractivity contribution in [1.29, 1.82) is 0 Å². The minimum Gasteiger partial charge on any atom is -0.489 e. The second-order valence-electron chi connectivity index (χ2n) is 4.55. The Balaban J connectivity index is 2.24. The molecule has 0 saturated carbocycles. The molecule has 0 amide bonds. The number of nitrogens with two attached hydrogens (primary N) is 1. The predicted octanol–water partition coefficient (Wildman–Crippen LogP) is 3.30. The van der Waals surface area contributed by atoms with Crippen LogP contribution >= 0.6 is 11.6 Å². The van der Waals surface area contributed by atoms with Crippen molar-refractivity contribution in [2.24, 2.45) is 0 Å². The van der Waals surface area contributed by atoms with Crippen LogP contribution in [0.2, 0.25) is 5.02 Å². The molecule has 0 spiro atoms. The van der Waals surface area contributed by atoms with Gasteiger partial charge in [0, 0.05) is 12.0 Å². The molecule has 2 heterocycles. The number of halogens is 1. The molecule has 3 rings (SSSR count). The van der Waals surface area contributed by atoms with Crippen LogP contribution in [0.15, 0.2) is 16.8 Å². The molecule has 106 valence electrons. The van der Waals surface area contributed by atoms with E-state index in [1.54, 1.807) is 6.20 Å². The lowest BCUT2D eigenvalue weighted by atomic mass is 9.98. The molecule has 0 unspecified atom stereocenters. The maximum Gasteiger partial charge on any atom is 0.229 e. The van der Waals surface area contributed by atoms with E-state index in [4.69, 9.17) is 31.3 Å². The first kappa shape index (κ1) is 13.1. The van der Waals surface area contributed by atoms with Crippen molar-refractivity contribution in [2.45, 2.75) is 19.8 Å². The summed E-state index contributed by atoms with van der Waals surface area (Å²) in [5.74, 6) is 1.58. The number of hydrogen-bond donors (Lipinski definition) is 1. The van der Waals surface area contributed by atoms with E-state index in [0.717, 1.165) is 29.5 Å². The summed E-state index contributed by atoms with van der Waals surface area (Å²) < 4.78 is 16.5. The SMILES string of the molecule is CCc1c(-c2cnoc2N)cc(Cl)c2c1OCCCO2. The van der Waals surface area contributed by atoms with Crippen molar-refractivity contribution in [3.8, 4) is 22.6 Å². The predicted molar refractivity (Wildman–Crippen MR) is 76.3 cm³/mol. The summed E-state index contributed by atoms with van der Waals surface area (Å²) in [6.07, 6.45) is 3.19. The first-order chi connectivity index (χ1) is 9.72. The van der Waals surface area contributed by atoms with E-state index in [-0.39, 0.29) is 5.88 Å². The zero-order valence-electron chi connectivity index (χ0n) is 11.1. The molecule has 0 saturated heterocycles. The highest BCUT2D eigenvalue weighted by molar-refractivity contribution is 6.32. The molecule has 1 aliphatic heterocycles. The molecule has 0 aliphatic carbocycles. The first-order valence-corrected chi connectivity index (χ1v) is 6.91. The number of anilines is 1. The fraction of sp³-hybridized carbons (Fsp3) is 0.357. The van der Waals surface area contributed by atoms with Crippen LogP contribution in [-0.2, 0) is 6.42 Å². The number of nitrogens with zero attached hydrogens (tertiary/aromatic N) is 1. The lowest BCUT2D eigenvalue weighted by molar-refractivity contribution is 0.296. The summed E-state index contributed by atoms with van der Waals surface area (Å²) in [5.41, 5.74) is 8.41. The van der Waals surface area contributed by atoms with Gasteiger partial charge in [-0.25, -0.2) is 0 Å². The van der Waals surface area contributed by atoms with Crippen LogP contribution in [0.4, 0.5) is 5.88 Å². The number of rotatable bonds is 2. The highest BCUT2D eigenvalue weighted by Crippen LogP contribution is 2.45. The molecule has 0 bridgehead atoms. The molecule has 0 radical (unpaired) electrons. The van der Waals surface area contributed by atoms with Crippen molar-refractivity contribution in [1.82, 2.24) is 5.16 Å². The van der Waals surface area contributed by atoms with Crippen LogP contribution in [0.1, 0.15) is 18.9 Å². The van der Waals surface area contributed by atoms with Gasteiger partial charge in [0.25, 0.3) is 0 Å². The smallest absolute Gasteiger partial charge is 0.229 e. The van der Waals surface area contributed by atoms with Gasteiger partial charge in [-0.15, -0.1) is 0 Å². The van der Waals surface area contributed by atoms with E-state index in [1.807, 2.05) is 13.0 Å². The second kappa shape index (κ2) is 5.25. The number of fused-ring (bicyclic) bond motifs is 1. The average Bonchev–Trinajstić information content (AvgIpc) is 2.72. The third kappa shape index (κ3) is 2.08. The lowest BCUT2D eigenvalue weighted by Gasteiger charge is -2.16.